The molecule has 1 aliphatic heterocycles. The summed E-state index contributed by atoms with van der Waals surface area (Å²) in [5.74, 6) is -4.20. The van der Waals surface area contributed by atoms with E-state index in [1.165, 1.54) is 17.0 Å². The molecule has 1 heterocycles. The highest BCUT2D eigenvalue weighted by molar-refractivity contribution is 5.98. The van der Waals surface area contributed by atoms with Crippen LogP contribution in [0.3, 0.4) is 0 Å². The van der Waals surface area contributed by atoms with Gasteiger partial charge in [-0.3, -0.25) is 4.79 Å². The Morgan fingerprint density at radius 1 is 1.38 bits per heavy atom. The maximum atomic E-state index is 13.8. The highest BCUT2D eigenvalue weighted by Crippen LogP contribution is 2.35. The Morgan fingerprint density at radius 2 is 2.10 bits per heavy atom. The minimum absolute atomic E-state index is 0.237. The van der Waals surface area contributed by atoms with Crippen LogP contribution in [0.5, 0.6) is 0 Å². The summed E-state index contributed by atoms with van der Waals surface area (Å²) in [5, 5.41) is 9.52. The number of carbonyl (C=O) groups excluding carboxylic acids is 1. The summed E-state index contributed by atoms with van der Waals surface area (Å²) in [6, 6.07) is 3.34. The SMILES string of the molecule is CCCC1(C(=O)O)CCCN1C(=O)c1cccc(F)c1F. The number of benzene rings is 1. The van der Waals surface area contributed by atoms with Crippen molar-refractivity contribution in [2.45, 2.75) is 38.1 Å². The van der Waals surface area contributed by atoms with Gasteiger partial charge in [-0.05, 0) is 31.4 Å². The predicted octanol–water partition coefficient (Wildman–Crippen LogP) is 2.82. The summed E-state index contributed by atoms with van der Waals surface area (Å²) in [7, 11) is 0. The van der Waals surface area contributed by atoms with Gasteiger partial charge in [-0.25, -0.2) is 13.6 Å². The summed E-state index contributed by atoms with van der Waals surface area (Å²) in [6.45, 7) is 2.07. The molecule has 1 N–H and O–H groups in total. The van der Waals surface area contributed by atoms with Gasteiger partial charge >= 0.3 is 5.97 Å². The van der Waals surface area contributed by atoms with E-state index in [-0.39, 0.29) is 6.54 Å². The number of nitrogens with zero attached hydrogens (tertiary/aromatic N) is 1. The van der Waals surface area contributed by atoms with Gasteiger partial charge in [0.05, 0.1) is 5.56 Å². The van der Waals surface area contributed by atoms with Gasteiger partial charge in [0.2, 0.25) is 0 Å². The molecule has 1 amide bonds. The van der Waals surface area contributed by atoms with Crippen molar-refractivity contribution in [3.8, 4) is 0 Å². The van der Waals surface area contributed by atoms with Gasteiger partial charge in [0.25, 0.3) is 5.91 Å². The van der Waals surface area contributed by atoms with E-state index in [2.05, 4.69) is 0 Å². The van der Waals surface area contributed by atoms with E-state index in [1.54, 1.807) is 0 Å². The van der Waals surface area contributed by atoms with Crippen molar-refractivity contribution in [3.05, 3.63) is 35.4 Å². The van der Waals surface area contributed by atoms with E-state index >= 15 is 0 Å². The molecule has 0 aliphatic carbocycles. The van der Waals surface area contributed by atoms with Crippen LogP contribution in [-0.4, -0.2) is 34.0 Å². The molecule has 1 aromatic carbocycles. The third-order valence-electron chi connectivity index (χ3n) is 3.98. The van der Waals surface area contributed by atoms with Crippen LogP contribution < -0.4 is 0 Å². The monoisotopic (exact) mass is 297 g/mol. The molecule has 114 valence electrons. The van der Waals surface area contributed by atoms with Crippen LogP contribution in [0.1, 0.15) is 43.0 Å². The van der Waals surface area contributed by atoms with Crippen LogP contribution in [0.25, 0.3) is 0 Å². The highest BCUT2D eigenvalue weighted by atomic mass is 19.2. The first-order valence-corrected chi connectivity index (χ1v) is 6.93. The van der Waals surface area contributed by atoms with Crippen LogP contribution in [0.2, 0.25) is 0 Å². The quantitative estimate of drug-likeness (QED) is 0.929. The van der Waals surface area contributed by atoms with Gasteiger partial charge in [0.15, 0.2) is 11.6 Å². The van der Waals surface area contributed by atoms with Crippen LogP contribution in [0, 0.1) is 11.6 Å². The number of carboxylic acids is 1. The zero-order chi connectivity index (χ0) is 15.6. The Labute approximate surface area is 121 Å². The second-order valence-electron chi connectivity index (χ2n) is 5.25. The third-order valence-corrected chi connectivity index (χ3v) is 3.98. The van der Waals surface area contributed by atoms with Crippen molar-refractivity contribution in [1.82, 2.24) is 4.90 Å². The fraction of sp³-hybridized carbons (Fsp3) is 0.467. The van der Waals surface area contributed by atoms with Gasteiger partial charge in [0.1, 0.15) is 5.54 Å². The first-order chi connectivity index (χ1) is 9.94. The second-order valence-corrected chi connectivity index (χ2v) is 5.25. The van der Waals surface area contributed by atoms with E-state index in [9.17, 15) is 23.5 Å². The first kappa shape index (κ1) is 15.4. The van der Waals surface area contributed by atoms with Crippen LogP contribution in [0.4, 0.5) is 8.78 Å². The maximum Gasteiger partial charge on any atom is 0.329 e. The highest BCUT2D eigenvalue weighted by Gasteiger charge is 2.49. The minimum atomic E-state index is -1.31. The normalized spacial score (nSPS) is 21.6. The standard InChI is InChI=1S/C15H17F2NO3/c1-2-7-15(14(20)21)8-4-9-18(15)13(19)10-5-3-6-11(16)12(10)17/h3,5-6H,2,4,7-9H2,1H3,(H,20,21). The molecule has 0 saturated carbocycles. The molecule has 1 fully saturated rings. The zero-order valence-electron chi connectivity index (χ0n) is 11.7. The smallest absolute Gasteiger partial charge is 0.329 e. The van der Waals surface area contributed by atoms with Crippen LogP contribution >= 0.6 is 0 Å². The molecule has 4 nitrogen and oxygen atoms in total. The molecule has 1 aliphatic rings. The Morgan fingerprint density at radius 3 is 2.71 bits per heavy atom. The van der Waals surface area contributed by atoms with E-state index in [0.717, 1.165) is 6.07 Å². The van der Waals surface area contributed by atoms with Crippen molar-refractivity contribution in [1.29, 1.82) is 0 Å². The molecular formula is C15H17F2NO3. The summed E-state index contributed by atoms with van der Waals surface area (Å²) in [6.07, 6.45) is 1.75. The Bertz CT molecular complexity index is 576. The molecule has 0 aromatic heterocycles. The minimum Gasteiger partial charge on any atom is -0.479 e. The largest absolute Gasteiger partial charge is 0.479 e. The average Bonchev–Trinajstić information content (AvgIpc) is 2.86. The summed E-state index contributed by atoms with van der Waals surface area (Å²) < 4.78 is 27.0. The summed E-state index contributed by atoms with van der Waals surface area (Å²) >= 11 is 0. The predicted molar refractivity (Wildman–Crippen MR) is 71.9 cm³/mol. The van der Waals surface area contributed by atoms with Crippen LogP contribution in [0.15, 0.2) is 18.2 Å². The zero-order valence-corrected chi connectivity index (χ0v) is 11.7. The summed E-state index contributed by atoms with van der Waals surface area (Å²) in [5.41, 5.74) is -1.73. The number of hydrogen-bond donors (Lipinski definition) is 1. The fourth-order valence-electron chi connectivity index (χ4n) is 2.99. The lowest BCUT2D eigenvalue weighted by Gasteiger charge is -2.34. The molecule has 1 aromatic rings. The molecule has 0 radical (unpaired) electrons. The van der Waals surface area contributed by atoms with E-state index in [0.29, 0.717) is 25.7 Å². The van der Waals surface area contributed by atoms with Gasteiger partial charge < -0.3 is 10.0 Å². The third kappa shape index (κ3) is 2.50. The lowest BCUT2D eigenvalue weighted by molar-refractivity contribution is -0.148. The molecule has 1 saturated heterocycles. The number of likely N-dealkylation sites (tertiary alicyclic amines) is 1. The Kier molecular flexibility index (Phi) is 4.25. The lowest BCUT2D eigenvalue weighted by atomic mass is 9.90. The number of hydrogen-bond acceptors (Lipinski definition) is 2. The molecule has 0 spiro atoms. The number of aliphatic carboxylic acids is 1. The molecule has 1 atom stereocenters. The molecule has 1 unspecified atom stereocenters. The summed E-state index contributed by atoms with van der Waals surface area (Å²) in [4.78, 5) is 25.3. The second kappa shape index (κ2) is 5.79. The number of halogens is 2. The van der Waals surface area contributed by atoms with E-state index < -0.39 is 34.6 Å². The van der Waals surface area contributed by atoms with Gasteiger partial charge in [-0.15, -0.1) is 0 Å². The van der Waals surface area contributed by atoms with Crippen molar-refractivity contribution in [3.63, 3.8) is 0 Å². The van der Waals surface area contributed by atoms with Crippen molar-refractivity contribution in [2.75, 3.05) is 6.54 Å². The molecule has 6 heteroatoms. The van der Waals surface area contributed by atoms with Gasteiger partial charge in [0, 0.05) is 6.54 Å². The topological polar surface area (TPSA) is 57.6 Å². The fourth-order valence-corrected chi connectivity index (χ4v) is 2.99. The number of amides is 1. The Hall–Kier alpha value is -1.98. The van der Waals surface area contributed by atoms with E-state index in [4.69, 9.17) is 0 Å². The van der Waals surface area contributed by atoms with Gasteiger partial charge in [-0.2, -0.15) is 0 Å². The molecular weight excluding hydrogens is 280 g/mol. The number of rotatable bonds is 4. The van der Waals surface area contributed by atoms with Crippen molar-refractivity contribution >= 4 is 11.9 Å². The molecule has 21 heavy (non-hydrogen) atoms. The first-order valence-electron chi connectivity index (χ1n) is 6.93. The Balaban J connectivity index is 2.41. The maximum absolute atomic E-state index is 13.8. The van der Waals surface area contributed by atoms with Crippen molar-refractivity contribution < 1.29 is 23.5 Å². The number of carboxylic acid groups (broad SMARTS) is 1. The molecule has 2 rings (SSSR count). The van der Waals surface area contributed by atoms with E-state index in [1.807, 2.05) is 6.92 Å². The number of carbonyl (C=O) groups is 2. The lowest BCUT2D eigenvalue weighted by Crippen LogP contribution is -2.53. The van der Waals surface area contributed by atoms with Crippen LogP contribution in [-0.2, 0) is 4.79 Å². The van der Waals surface area contributed by atoms with Crippen molar-refractivity contribution in [2.24, 2.45) is 0 Å². The van der Waals surface area contributed by atoms with Gasteiger partial charge in [-0.1, -0.05) is 19.4 Å². The molecule has 0 bridgehead atoms. The average molecular weight is 297 g/mol.